The summed E-state index contributed by atoms with van der Waals surface area (Å²) in [7, 11) is 0. The van der Waals surface area contributed by atoms with Crippen molar-refractivity contribution < 1.29 is 4.42 Å². The van der Waals surface area contributed by atoms with E-state index in [0.717, 1.165) is 29.4 Å². The van der Waals surface area contributed by atoms with Crippen molar-refractivity contribution in [2.24, 2.45) is 0 Å². The molecule has 0 amide bonds. The molecule has 0 saturated heterocycles. The fourth-order valence-corrected chi connectivity index (χ4v) is 3.30. The van der Waals surface area contributed by atoms with Gasteiger partial charge in [-0.2, -0.15) is 0 Å². The monoisotopic (exact) mass is 337 g/mol. The summed E-state index contributed by atoms with van der Waals surface area (Å²) in [6, 6.07) is 15.9. The lowest BCUT2D eigenvalue weighted by molar-refractivity contribution is 0.555. The molecule has 0 aliphatic heterocycles. The first-order valence-electron chi connectivity index (χ1n) is 7.64. The van der Waals surface area contributed by atoms with Crippen molar-refractivity contribution in [3.63, 3.8) is 0 Å². The lowest BCUT2D eigenvalue weighted by Gasteiger charge is -2.02. The van der Waals surface area contributed by atoms with Crippen LogP contribution in [-0.4, -0.2) is 16.5 Å². The maximum atomic E-state index is 11.2. The molecule has 0 radical (unpaired) electrons. The van der Waals surface area contributed by atoms with Gasteiger partial charge in [-0.1, -0.05) is 36.4 Å². The van der Waals surface area contributed by atoms with Crippen molar-refractivity contribution in [1.29, 1.82) is 0 Å². The number of oxazole rings is 1. The molecule has 0 bridgehead atoms. The number of thiazole rings is 1. The Labute approximate surface area is 142 Å². The van der Waals surface area contributed by atoms with Crippen LogP contribution in [0, 0.1) is 0 Å². The minimum atomic E-state index is -0.441. The van der Waals surface area contributed by atoms with Gasteiger partial charge in [-0.3, -0.25) is 4.98 Å². The van der Waals surface area contributed by atoms with Crippen LogP contribution in [0.1, 0.15) is 5.56 Å². The molecule has 0 fully saturated rings. The zero-order valence-electron chi connectivity index (χ0n) is 12.8. The molecule has 2 aromatic heterocycles. The highest BCUT2D eigenvalue weighted by atomic mass is 32.1. The van der Waals surface area contributed by atoms with Gasteiger partial charge in [0.15, 0.2) is 10.7 Å². The lowest BCUT2D eigenvalue weighted by atomic mass is 10.1. The summed E-state index contributed by atoms with van der Waals surface area (Å²) in [4.78, 5) is 18.5. The third-order valence-electron chi connectivity index (χ3n) is 3.75. The molecule has 0 saturated carbocycles. The third-order valence-corrected chi connectivity index (χ3v) is 4.55. The molecule has 0 atom stereocenters. The molecule has 0 aliphatic rings. The van der Waals surface area contributed by atoms with Crippen LogP contribution < -0.4 is 11.1 Å². The molecule has 4 aromatic rings. The van der Waals surface area contributed by atoms with Crippen molar-refractivity contribution in [1.82, 2.24) is 9.97 Å². The van der Waals surface area contributed by atoms with Gasteiger partial charge >= 0.3 is 5.76 Å². The number of benzene rings is 2. The number of anilines is 1. The number of hydrogen-bond acceptors (Lipinski definition) is 5. The first kappa shape index (κ1) is 14.7. The summed E-state index contributed by atoms with van der Waals surface area (Å²) in [6.07, 6.45) is 0.955. The number of aromatic amines is 1. The first-order chi connectivity index (χ1) is 11.8. The minimum Gasteiger partial charge on any atom is -0.408 e. The Hall–Kier alpha value is -2.86. The average molecular weight is 337 g/mol. The molecule has 0 spiro atoms. The van der Waals surface area contributed by atoms with Gasteiger partial charge < -0.3 is 9.73 Å². The Kier molecular flexibility index (Phi) is 3.88. The van der Waals surface area contributed by atoms with Crippen molar-refractivity contribution in [3.05, 3.63) is 70.0 Å². The van der Waals surface area contributed by atoms with Crippen LogP contribution >= 0.6 is 11.3 Å². The molecule has 0 aliphatic carbocycles. The summed E-state index contributed by atoms with van der Waals surface area (Å²) < 4.78 is 5.10. The number of H-pyrrole nitrogens is 1. The largest absolute Gasteiger partial charge is 0.417 e. The normalized spacial score (nSPS) is 11.0. The second-order valence-corrected chi connectivity index (χ2v) is 6.28. The second kappa shape index (κ2) is 6.33. The molecule has 2 aromatic carbocycles. The SMILES string of the molecule is O=c1[nH]c2ccc(-c3csc(NCCc4ccccc4)n3)cc2o1. The minimum absolute atomic E-state index is 0.441. The molecule has 6 heteroatoms. The fraction of sp³-hybridized carbons (Fsp3) is 0.111. The van der Waals surface area contributed by atoms with Crippen LogP contribution in [0.3, 0.4) is 0 Å². The summed E-state index contributed by atoms with van der Waals surface area (Å²) in [6.45, 7) is 0.836. The number of aromatic nitrogens is 2. The predicted octanol–water partition coefficient (Wildman–Crippen LogP) is 3.90. The van der Waals surface area contributed by atoms with Crippen LogP contribution in [0.4, 0.5) is 5.13 Å². The Morgan fingerprint density at radius 1 is 1.17 bits per heavy atom. The van der Waals surface area contributed by atoms with E-state index in [-0.39, 0.29) is 0 Å². The van der Waals surface area contributed by atoms with E-state index in [2.05, 4.69) is 27.4 Å². The van der Waals surface area contributed by atoms with Crippen molar-refractivity contribution in [2.45, 2.75) is 6.42 Å². The quantitative estimate of drug-likeness (QED) is 0.579. The van der Waals surface area contributed by atoms with Gasteiger partial charge in [0.2, 0.25) is 0 Å². The van der Waals surface area contributed by atoms with Gasteiger partial charge in [0.25, 0.3) is 0 Å². The third kappa shape index (κ3) is 3.09. The van der Waals surface area contributed by atoms with E-state index in [1.54, 1.807) is 11.3 Å². The van der Waals surface area contributed by atoms with E-state index in [0.29, 0.717) is 11.1 Å². The number of nitrogens with zero attached hydrogens (tertiary/aromatic N) is 1. The van der Waals surface area contributed by atoms with Crippen LogP contribution in [0.25, 0.3) is 22.4 Å². The molecular formula is C18H15N3O2S. The maximum absolute atomic E-state index is 11.2. The fourth-order valence-electron chi connectivity index (χ4n) is 2.55. The molecular weight excluding hydrogens is 322 g/mol. The smallest absolute Gasteiger partial charge is 0.408 e. The van der Waals surface area contributed by atoms with Gasteiger partial charge in [0.05, 0.1) is 11.2 Å². The Morgan fingerprint density at radius 3 is 2.92 bits per heavy atom. The van der Waals surface area contributed by atoms with Crippen LogP contribution in [0.2, 0.25) is 0 Å². The van der Waals surface area contributed by atoms with Crippen molar-refractivity contribution in [3.8, 4) is 11.3 Å². The number of nitrogens with one attached hydrogen (secondary N) is 2. The van der Waals surface area contributed by atoms with Crippen molar-refractivity contribution >= 4 is 27.6 Å². The zero-order valence-corrected chi connectivity index (χ0v) is 13.6. The standard InChI is InChI=1S/C18H15N3O2S/c22-18-21-14-7-6-13(10-16(14)23-18)15-11-24-17(20-15)19-9-8-12-4-2-1-3-5-12/h1-7,10-11H,8-9H2,(H,19,20)(H,21,22). The first-order valence-corrected chi connectivity index (χ1v) is 8.52. The molecule has 2 N–H and O–H groups in total. The van der Waals surface area contributed by atoms with Crippen LogP contribution in [-0.2, 0) is 6.42 Å². The highest BCUT2D eigenvalue weighted by Gasteiger charge is 2.07. The maximum Gasteiger partial charge on any atom is 0.417 e. The molecule has 2 heterocycles. The van der Waals surface area contributed by atoms with Gasteiger partial charge in [-0.15, -0.1) is 11.3 Å². The van der Waals surface area contributed by atoms with E-state index in [9.17, 15) is 4.79 Å². The highest BCUT2D eigenvalue weighted by molar-refractivity contribution is 7.14. The van der Waals surface area contributed by atoms with E-state index >= 15 is 0 Å². The number of fused-ring (bicyclic) bond motifs is 1. The highest BCUT2D eigenvalue weighted by Crippen LogP contribution is 2.27. The predicted molar refractivity (Wildman–Crippen MR) is 96.6 cm³/mol. The molecule has 4 rings (SSSR count). The Morgan fingerprint density at radius 2 is 2.04 bits per heavy atom. The van der Waals surface area contributed by atoms with Gasteiger partial charge in [-0.25, -0.2) is 9.78 Å². The molecule has 120 valence electrons. The van der Waals surface area contributed by atoms with Gasteiger partial charge in [0.1, 0.15) is 0 Å². The van der Waals surface area contributed by atoms with E-state index < -0.39 is 5.76 Å². The zero-order chi connectivity index (χ0) is 16.4. The number of hydrogen-bond donors (Lipinski definition) is 2. The Bertz CT molecular complexity index is 1020. The molecule has 0 unspecified atom stereocenters. The average Bonchev–Trinajstić information content (AvgIpc) is 3.20. The molecule has 24 heavy (non-hydrogen) atoms. The topological polar surface area (TPSA) is 70.9 Å². The molecule has 5 nitrogen and oxygen atoms in total. The second-order valence-electron chi connectivity index (χ2n) is 5.43. The Balaban J connectivity index is 1.46. The summed E-state index contributed by atoms with van der Waals surface area (Å²) in [5.74, 6) is -0.441. The number of rotatable bonds is 5. The van der Waals surface area contributed by atoms with Gasteiger partial charge in [0, 0.05) is 17.5 Å². The lowest BCUT2D eigenvalue weighted by Crippen LogP contribution is -2.04. The van der Waals surface area contributed by atoms with Crippen LogP contribution in [0.15, 0.2) is 63.1 Å². The van der Waals surface area contributed by atoms with E-state index in [1.165, 1.54) is 5.56 Å². The van der Waals surface area contributed by atoms with Gasteiger partial charge in [-0.05, 0) is 24.1 Å². The van der Waals surface area contributed by atoms with Crippen molar-refractivity contribution in [2.75, 3.05) is 11.9 Å². The summed E-state index contributed by atoms with van der Waals surface area (Å²) in [5, 5.41) is 6.23. The van der Waals surface area contributed by atoms with E-state index in [4.69, 9.17) is 4.42 Å². The van der Waals surface area contributed by atoms with E-state index in [1.807, 2.05) is 41.8 Å². The summed E-state index contributed by atoms with van der Waals surface area (Å²) >= 11 is 1.57. The van der Waals surface area contributed by atoms with Crippen LogP contribution in [0.5, 0.6) is 0 Å². The summed E-state index contributed by atoms with van der Waals surface area (Å²) in [5.41, 5.74) is 4.34.